The van der Waals surface area contributed by atoms with E-state index < -0.39 is 0 Å². The van der Waals surface area contributed by atoms with Crippen LogP contribution in [0, 0.1) is 5.82 Å². The highest BCUT2D eigenvalue weighted by Crippen LogP contribution is 2.22. The fourth-order valence-electron chi connectivity index (χ4n) is 2.57. The van der Waals surface area contributed by atoms with E-state index in [-0.39, 0.29) is 23.3 Å². The van der Waals surface area contributed by atoms with Crippen LogP contribution in [0.25, 0.3) is 0 Å². The first kappa shape index (κ1) is 19.0. The first-order chi connectivity index (χ1) is 11.8. The van der Waals surface area contributed by atoms with Gasteiger partial charge in [0.1, 0.15) is 11.6 Å². The molecule has 2 aromatic rings. The van der Waals surface area contributed by atoms with Crippen LogP contribution in [0.1, 0.15) is 31.2 Å². The first-order valence-electron chi connectivity index (χ1n) is 8.27. The van der Waals surface area contributed by atoms with Gasteiger partial charge in [-0.15, -0.1) is 0 Å². The van der Waals surface area contributed by atoms with E-state index in [1.165, 1.54) is 12.1 Å². The summed E-state index contributed by atoms with van der Waals surface area (Å²) in [5.74, 6) is 0.537. The lowest BCUT2D eigenvalue weighted by Gasteiger charge is -2.26. The molecule has 1 aromatic heterocycles. The highest BCUT2D eigenvalue weighted by atomic mass is 19.1. The number of nitrogens with zero attached hydrogens (tertiary/aromatic N) is 1. The van der Waals surface area contributed by atoms with Gasteiger partial charge in [0.25, 0.3) is 0 Å². The summed E-state index contributed by atoms with van der Waals surface area (Å²) in [5, 5.41) is 5.76. The highest BCUT2D eigenvalue weighted by Gasteiger charge is 2.22. The number of hydrogen-bond donors (Lipinski definition) is 2. The maximum absolute atomic E-state index is 13.1. The van der Waals surface area contributed by atoms with Crippen LogP contribution in [0.2, 0.25) is 0 Å². The Morgan fingerprint density at radius 2 is 1.88 bits per heavy atom. The van der Waals surface area contributed by atoms with E-state index in [2.05, 4.69) is 10.6 Å². The molecule has 0 bridgehead atoms. The molecule has 0 saturated heterocycles. The molecule has 0 radical (unpaired) electrons. The Balaban J connectivity index is 1.86. The van der Waals surface area contributed by atoms with Crippen molar-refractivity contribution in [3.8, 4) is 0 Å². The van der Waals surface area contributed by atoms with E-state index in [0.717, 1.165) is 11.3 Å². The molecule has 1 unspecified atom stereocenters. The molecule has 0 aliphatic rings. The molecule has 0 spiro atoms. The molecule has 2 amide bonds. The van der Waals surface area contributed by atoms with Gasteiger partial charge < -0.3 is 15.1 Å². The summed E-state index contributed by atoms with van der Waals surface area (Å²) in [6.07, 6.45) is 1.62. The Morgan fingerprint density at radius 1 is 1.20 bits per heavy atom. The topological polar surface area (TPSA) is 57.5 Å². The van der Waals surface area contributed by atoms with Crippen molar-refractivity contribution in [3.63, 3.8) is 0 Å². The standard InChI is InChI=1S/C19H26FN3O2/c1-19(2,14-7-9-15(20)10-8-14)13-22-18(24)21-12-16(23(3)4)17-6-5-11-25-17/h5-11,16H,12-13H2,1-4H3,(H2,21,22,24). The number of hydrogen-bond acceptors (Lipinski definition) is 3. The minimum Gasteiger partial charge on any atom is -0.468 e. The van der Waals surface area contributed by atoms with E-state index in [1.807, 2.05) is 45.0 Å². The molecule has 1 atom stereocenters. The Bertz CT molecular complexity index is 666. The molecule has 0 aliphatic heterocycles. The predicted octanol–water partition coefficient (Wildman–Crippen LogP) is 3.30. The number of carbonyl (C=O) groups is 1. The molecule has 0 aliphatic carbocycles. The van der Waals surface area contributed by atoms with Crippen LogP contribution < -0.4 is 10.6 Å². The van der Waals surface area contributed by atoms with Gasteiger partial charge in [-0.1, -0.05) is 26.0 Å². The van der Waals surface area contributed by atoms with Crippen LogP contribution in [0.5, 0.6) is 0 Å². The Morgan fingerprint density at radius 3 is 2.44 bits per heavy atom. The number of urea groups is 1. The van der Waals surface area contributed by atoms with Gasteiger partial charge >= 0.3 is 6.03 Å². The molecule has 5 nitrogen and oxygen atoms in total. The second kappa shape index (κ2) is 8.16. The van der Waals surface area contributed by atoms with Gasteiger partial charge in [-0.05, 0) is 43.9 Å². The quantitative estimate of drug-likeness (QED) is 0.808. The second-order valence-electron chi connectivity index (χ2n) is 6.95. The Labute approximate surface area is 148 Å². The van der Waals surface area contributed by atoms with Crippen molar-refractivity contribution in [2.75, 3.05) is 27.2 Å². The Kier molecular flexibility index (Phi) is 6.20. The van der Waals surface area contributed by atoms with Gasteiger partial charge in [-0.3, -0.25) is 4.90 Å². The van der Waals surface area contributed by atoms with E-state index in [0.29, 0.717) is 13.1 Å². The summed E-state index contributed by atoms with van der Waals surface area (Å²) in [5.41, 5.74) is 0.670. The summed E-state index contributed by atoms with van der Waals surface area (Å²) in [4.78, 5) is 14.1. The summed E-state index contributed by atoms with van der Waals surface area (Å²) in [7, 11) is 3.87. The summed E-state index contributed by atoms with van der Waals surface area (Å²) in [6.45, 7) is 4.89. The van der Waals surface area contributed by atoms with Gasteiger partial charge in [0.05, 0.1) is 12.3 Å². The predicted molar refractivity (Wildman–Crippen MR) is 96.0 cm³/mol. The maximum Gasteiger partial charge on any atom is 0.314 e. The minimum absolute atomic E-state index is 0.0362. The lowest BCUT2D eigenvalue weighted by atomic mass is 9.84. The van der Waals surface area contributed by atoms with Gasteiger partial charge in [-0.2, -0.15) is 0 Å². The monoisotopic (exact) mass is 347 g/mol. The SMILES string of the molecule is CN(C)C(CNC(=O)NCC(C)(C)c1ccc(F)cc1)c1ccco1. The lowest BCUT2D eigenvalue weighted by Crippen LogP contribution is -2.44. The van der Waals surface area contributed by atoms with Crippen molar-refractivity contribution in [1.82, 2.24) is 15.5 Å². The Hall–Kier alpha value is -2.34. The highest BCUT2D eigenvalue weighted by molar-refractivity contribution is 5.74. The van der Waals surface area contributed by atoms with Crippen molar-refractivity contribution >= 4 is 6.03 Å². The van der Waals surface area contributed by atoms with Gasteiger partial charge in [0.15, 0.2) is 0 Å². The molecule has 0 saturated carbocycles. The first-order valence-corrected chi connectivity index (χ1v) is 8.27. The molecule has 6 heteroatoms. The average molecular weight is 347 g/mol. The van der Waals surface area contributed by atoms with Crippen molar-refractivity contribution in [3.05, 3.63) is 59.8 Å². The summed E-state index contributed by atoms with van der Waals surface area (Å²) in [6, 6.07) is 9.80. The molecule has 2 N–H and O–H groups in total. The molecule has 136 valence electrons. The zero-order valence-electron chi connectivity index (χ0n) is 15.2. The molecule has 1 heterocycles. The molecule has 1 aromatic carbocycles. The van der Waals surface area contributed by atoms with Crippen LogP contribution in [0.3, 0.4) is 0 Å². The molecular weight excluding hydrogens is 321 g/mol. The molecule has 0 fully saturated rings. The van der Waals surface area contributed by atoms with Crippen LogP contribution in [-0.4, -0.2) is 38.1 Å². The average Bonchev–Trinajstić information content (AvgIpc) is 3.07. The number of rotatable bonds is 7. The smallest absolute Gasteiger partial charge is 0.314 e. The minimum atomic E-state index is -0.299. The van der Waals surface area contributed by atoms with Crippen LogP contribution in [0.15, 0.2) is 47.1 Å². The van der Waals surface area contributed by atoms with Crippen molar-refractivity contribution in [2.45, 2.75) is 25.3 Å². The van der Waals surface area contributed by atoms with Gasteiger partial charge in [0.2, 0.25) is 0 Å². The zero-order chi connectivity index (χ0) is 18.4. The van der Waals surface area contributed by atoms with E-state index in [1.54, 1.807) is 18.4 Å². The summed E-state index contributed by atoms with van der Waals surface area (Å²) < 4.78 is 18.5. The molecular formula is C19H26FN3O2. The van der Waals surface area contributed by atoms with Crippen LogP contribution >= 0.6 is 0 Å². The fourth-order valence-corrected chi connectivity index (χ4v) is 2.57. The number of nitrogens with one attached hydrogen (secondary N) is 2. The third kappa shape index (κ3) is 5.32. The van der Waals surface area contributed by atoms with Crippen LogP contribution in [-0.2, 0) is 5.41 Å². The number of carbonyl (C=O) groups excluding carboxylic acids is 1. The fraction of sp³-hybridized carbons (Fsp3) is 0.421. The van der Waals surface area contributed by atoms with Crippen molar-refractivity contribution < 1.29 is 13.6 Å². The third-order valence-corrected chi connectivity index (χ3v) is 4.27. The molecule has 25 heavy (non-hydrogen) atoms. The van der Waals surface area contributed by atoms with Gasteiger partial charge in [-0.25, -0.2) is 9.18 Å². The van der Waals surface area contributed by atoms with E-state index in [4.69, 9.17) is 4.42 Å². The van der Waals surface area contributed by atoms with Crippen molar-refractivity contribution in [1.29, 1.82) is 0 Å². The number of halogens is 1. The second-order valence-corrected chi connectivity index (χ2v) is 6.95. The number of benzene rings is 1. The number of amides is 2. The lowest BCUT2D eigenvalue weighted by molar-refractivity contribution is 0.223. The summed E-state index contributed by atoms with van der Waals surface area (Å²) >= 11 is 0. The van der Waals surface area contributed by atoms with Crippen molar-refractivity contribution in [2.24, 2.45) is 0 Å². The largest absolute Gasteiger partial charge is 0.468 e. The number of furan rings is 1. The maximum atomic E-state index is 13.1. The molecule has 2 rings (SSSR count). The van der Waals surface area contributed by atoms with E-state index >= 15 is 0 Å². The normalized spacial score (nSPS) is 12.9. The van der Waals surface area contributed by atoms with E-state index in [9.17, 15) is 9.18 Å². The number of likely N-dealkylation sites (N-methyl/N-ethyl adjacent to an activating group) is 1. The third-order valence-electron chi connectivity index (χ3n) is 4.27. The van der Waals surface area contributed by atoms with Crippen LogP contribution in [0.4, 0.5) is 9.18 Å². The zero-order valence-corrected chi connectivity index (χ0v) is 15.2. The van der Waals surface area contributed by atoms with Gasteiger partial charge in [0, 0.05) is 18.5 Å².